The Labute approximate surface area is 257 Å². The van der Waals surface area contributed by atoms with Crippen LogP contribution in [0.25, 0.3) is 22.2 Å². The number of benzene rings is 2. The van der Waals surface area contributed by atoms with Crippen LogP contribution >= 0.6 is 11.6 Å². The van der Waals surface area contributed by atoms with E-state index in [0.29, 0.717) is 5.39 Å². The highest BCUT2D eigenvalue weighted by Crippen LogP contribution is 2.44. The van der Waals surface area contributed by atoms with E-state index in [2.05, 4.69) is 20.2 Å². The number of methoxy groups -OCH3 is 1. The van der Waals surface area contributed by atoms with E-state index in [-0.39, 0.29) is 44.6 Å². The van der Waals surface area contributed by atoms with Crippen LogP contribution in [-0.4, -0.2) is 117 Å². The maximum absolute atomic E-state index is 15.3. The monoisotopic (exact) mass is 561 g/mol. The van der Waals surface area contributed by atoms with Crippen LogP contribution in [-0.2, 0) is 4.74 Å². The zero-order valence-corrected chi connectivity index (χ0v) is 22.8. The predicted octanol–water partition coefficient (Wildman–Crippen LogP) is -0.231. The molecule has 4 aromatic rings. The van der Waals surface area contributed by atoms with Gasteiger partial charge < -0.3 is 19.5 Å². The van der Waals surface area contributed by atoms with Gasteiger partial charge in [-0.15, -0.1) is 10.2 Å². The average molecular weight is 560 g/mol. The van der Waals surface area contributed by atoms with Gasteiger partial charge in [0.2, 0.25) is 5.88 Å². The first-order valence-electron chi connectivity index (χ1n) is 12.1. The smallest absolute Gasteiger partial charge is 0.233 e. The molecule has 1 N–H and O–H groups in total. The first kappa shape index (κ1) is 30.6. The first-order valence-corrected chi connectivity index (χ1v) is 12.5. The van der Waals surface area contributed by atoms with E-state index in [1.54, 1.807) is 0 Å². The second kappa shape index (κ2) is 10.4. The summed E-state index contributed by atoms with van der Waals surface area (Å²) >= 11 is 6.31. The van der Waals surface area contributed by atoms with E-state index in [1.807, 2.05) is 0 Å². The fraction of sp³-hybridized carbons (Fsp3) is 0.250. The fourth-order valence-corrected chi connectivity index (χ4v) is 4.88. The standard InChI is InChI=1S/C24H13B8ClFN5O3/c1-41-18-5-4-16(37-38-18)20(40)12-7-13(15(34)8-14(12)33)19-11-3-2-10(6-17(11)35-9-36-19)39-21(25,26)23(29,30)42-24(31,32)22(39,27)28/h2-9,20,40H,1H3. The summed E-state index contributed by atoms with van der Waals surface area (Å²) in [6.07, 6.45) is -0.149. The summed E-state index contributed by atoms with van der Waals surface area (Å²) in [7, 11) is 50.5. The van der Waals surface area contributed by atoms with Crippen molar-refractivity contribution in [2.45, 2.75) is 27.6 Å². The summed E-state index contributed by atoms with van der Waals surface area (Å²) in [5.74, 6) is -0.469. The van der Waals surface area contributed by atoms with E-state index >= 15 is 4.39 Å². The maximum Gasteiger partial charge on any atom is 0.233 e. The van der Waals surface area contributed by atoms with Crippen LogP contribution in [0.3, 0.4) is 0 Å². The van der Waals surface area contributed by atoms with E-state index in [4.69, 9.17) is 83.8 Å². The Morgan fingerprint density at radius 1 is 0.929 bits per heavy atom. The Morgan fingerprint density at radius 2 is 1.60 bits per heavy atom. The lowest BCUT2D eigenvalue weighted by molar-refractivity contribution is -0.0253. The number of rotatable bonds is 5. The van der Waals surface area contributed by atoms with Crippen LogP contribution in [0.1, 0.15) is 17.4 Å². The molecular formula is C24H13B8ClFN5O3. The van der Waals surface area contributed by atoms with Gasteiger partial charge in [0.1, 0.15) is 49.6 Å². The molecule has 0 spiro atoms. The largest absolute Gasteiger partial charge is 0.480 e. The van der Waals surface area contributed by atoms with E-state index in [9.17, 15) is 5.11 Å². The van der Waals surface area contributed by atoms with Gasteiger partial charge in [0, 0.05) is 33.3 Å². The summed E-state index contributed by atoms with van der Waals surface area (Å²) in [6, 6.07) is 9.91. The van der Waals surface area contributed by atoms with Crippen molar-refractivity contribution in [3.8, 4) is 17.1 Å². The van der Waals surface area contributed by atoms with Crippen LogP contribution in [0.4, 0.5) is 10.1 Å². The Morgan fingerprint density at radius 3 is 2.19 bits per heavy atom. The number of nitrogens with zero attached hydrogens (tertiary/aromatic N) is 5. The van der Waals surface area contributed by atoms with Crippen LogP contribution in [0.5, 0.6) is 5.88 Å². The molecule has 0 saturated carbocycles. The van der Waals surface area contributed by atoms with Crippen LogP contribution in [0, 0.1) is 5.82 Å². The van der Waals surface area contributed by atoms with Crippen molar-refractivity contribution in [3.63, 3.8) is 0 Å². The molecule has 0 bridgehead atoms. The van der Waals surface area contributed by atoms with Gasteiger partial charge >= 0.3 is 0 Å². The highest BCUT2D eigenvalue weighted by Gasteiger charge is 2.56. The van der Waals surface area contributed by atoms with Gasteiger partial charge in [-0.25, -0.2) is 14.4 Å². The highest BCUT2D eigenvalue weighted by atomic mass is 35.5. The van der Waals surface area contributed by atoms with Crippen molar-refractivity contribution in [1.82, 2.24) is 20.2 Å². The molecule has 3 heterocycles. The van der Waals surface area contributed by atoms with Crippen LogP contribution in [0.15, 0.2) is 48.8 Å². The SMILES string of the molecule is [B]C1([B])OC([B])([B])C([B])([B])N(c2ccc3c(-c4cc(C(O)c5ccc(OC)nn5)c(Cl)cc4F)ncnc3c2)C1([B])[B]. The number of ether oxygens (including phenoxy) is 2. The fourth-order valence-electron chi connectivity index (χ4n) is 4.63. The minimum absolute atomic E-state index is 0.00584. The molecule has 190 valence electrons. The van der Waals surface area contributed by atoms with Crippen molar-refractivity contribution in [2.75, 3.05) is 12.0 Å². The third-order valence-corrected chi connectivity index (χ3v) is 7.32. The predicted molar refractivity (Wildman–Crippen MR) is 163 cm³/mol. The lowest BCUT2D eigenvalue weighted by atomic mass is 9.30. The van der Waals surface area contributed by atoms with Gasteiger partial charge in [-0.2, -0.15) is 0 Å². The number of fused-ring (bicyclic) bond motifs is 1. The van der Waals surface area contributed by atoms with Gasteiger partial charge in [-0.3, -0.25) is 0 Å². The number of halogens is 2. The lowest BCUT2D eigenvalue weighted by Gasteiger charge is -2.71. The maximum atomic E-state index is 15.3. The molecule has 1 unspecified atom stereocenters. The summed E-state index contributed by atoms with van der Waals surface area (Å²) < 4.78 is 25.6. The van der Waals surface area contributed by atoms with Gasteiger partial charge in [-0.05, 0) is 57.9 Å². The minimum atomic E-state index is -2.32. The first-order chi connectivity index (χ1) is 19.5. The minimum Gasteiger partial charge on any atom is -0.480 e. The van der Waals surface area contributed by atoms with E-state index < -0.39 is 33.4 Å². The number of hydrogen-bond donors (Lipinski definition) is 1. The molecule has 1 saturated heterocycles. The van der Waals surface area contributed by atoms with Gasteiger partial charge in [0.05, 0.1) is 55.4 Å². The topological polar surface area (TPSA) is 93.5 Å². The summed E-state index contributed by atoms with van der Waals surface area (Å²) in [4.78, 5) is 9.56. The number of anilines is 1. The van der Waals surface area contributed by atoms with Crippen molar-refractivity contribution >= 4 is 91.0 Å². The molecule has 16 radical (unpaired) electrons. The lowest BCUT2D eigenvalue weighted by Crippen LogP contribution is -2.86. The second-order valence-electron chi connectivity index (χ2n) is 9.85. The Bertz CT molecular complexity index is 1660. The van der Waals surface area contributed by atoms with E-state index in [0.717, 1.165) is 11.0 Å². The van der Waals surface area contributed by atoms with Crippen LogP contribution < -0.4 is 9.64 Å². The number of aliphatic hydroxyl groups is 1. The van der Waals surface area contributed by atoms with Crippen molar-refractivity contribution in [2.24, 2.45) is 0 Å². The molecule has 1 aliphatic rings. The molecule has 2 aromatic heterocycles. The Balaban J connectivity index is 1.62. The molecule has 18 heteroatoms. The molecule has 0 aliphatic carbocycles. The van der Waals surface area contributed by atoms with Gasteiger partial charge in [0.15, 0.2) is 0 Å². The molecule has 1 aliphatic heterocycles. The average Bonchev–Trinajstić information content (AvgIpc) is 2.91. The molecule has 1 atom stereocenters. The van der Waals surface area contributed by atoms with Crippen molar-refractivity contribution in [1.29, 1.82) is 0 Å². The molecule has 1 fully saturated rings. The van der Waals surface area contributed by atoms with E-state index in [1.165, 1.54) is 49.8 Å². The number of hydrogen-bond acceptors (Lipinski definition) is 8. The van der Waals surface area contributed by atoms with Gasteiger partial charge in [0.25, 0.3) is 0 Å². The zero-order chi connectivity index (χ0) is 30.8. The van der Waals surface area contributed by atoms with Crippen LogP contribution in [0.2, 0.25) is 5.02 Å². The molecule has 5 rings (SSSR count). The normalized spacial score (nSPS) is 19.3. The molecule has 2 aromatic carbocycles. The summed E-state index contributed by atoms with van der Waals surface area (Å²) in [5.41, 5.74) is 0.898. The number of morpholine rings is 1. The van der Waals surface area contributed by atoms with Gasteiger partial charge in [-0.1, -0.05) is 11.6 Å². The van der Waals surface area contributed by atoms with Crippen molar-refractivity contribution in [3.05, 3.63) is 70.9 Å². The Hall–Kier alpha value is -2.88. The quantitative estimate of drug-likeness (QED) is 0.335. The third kappa shape index (κ3) is 4.83. The highest BCUT2D eigenvalue weighted by molar-refractivity contribution is 6.61. The number of aliphatic hydroxyl groups excluding tert-OH is 1. The zero-order valence-electron chi connectivity index (χ0n) is 22.1. The number of aromatic nitrogens is 4. The molecule has 8 nitrogen and oxygen atoms in total. The molecule has 0 amide bonds. The summed E-state index contributed by atoms with van der Waals surface area (Å²) in [5, 5.41) is 10.0. The van der Waals surface area contributed by atoms with Crippen molar-refractivity contribution < 1.29 is 19.0 Å². The summed E-state index contributed by atoms with van der Waals surface area (Å²) in [6.45, 7) is 0. The third-order valence-electron chi connectivity index (χ3n) is 6.99. The molecule has 42 heavy (non-hydrogen) atoms. The molecular weight excluding hydrogens is 547 g/mol. The Kier molecular flexibility index (Phi) is 7.56. The second-order valence-corrected chi connectivity index (χ2v) is 10.3.